The predicted octanol–water partition coefficient (Wildman–Crippen LogP) is 1.07. The lowest BCUT2D eigenvalue weighted by Gasteiger charge is -2.30. The van der Waals surface area contributed by atoms with E-state index in [0.717, 1.165) is 45.3 Å². The highest BCUT2D eigenvalue weighted by molar-refractivity contribution is 5.75. The van der Waals surface area contributed by atoms with Crippen LogP contribution in [-0.2, 0) is 4.79 Å². The fourth-order valence-electron chi connectivity index (χ4n) is 2.75. The highest BCUT2D eigenvalue weighted by Gasteiger charge is 2.34. The molecule has 20 heavy (non-hydrogen) atoms. The van der Waals surface area contributed by atoms with E-state index in [-0.39, 0.29) is 12.6 Å². The van der Waals surface area contributed by atoms with Crippen molar-refractivity contribution in [3.8, 4) is 0 Å². The summed E-state index contributed by atoms with van der Waals surface area (Å²) < 4.78 is 0. The van der Waals surface area contributed by atoms with Gasteiger partial charge in [0.25, 0.3) is 0 Å². The van der Waals surface area contributed by atoms with Crippen LogP contribution >= 0.6 is 0 Å². The van der Waals surface area contributed by atoms with Gasteiger partial charge < -0.3 is 14.9 Å². The van der Waals surface area contributed by atoms with Gasteiger partial charge in [0.1, 0.15) is 0 Å². The summed E-state index contributed by atoms with van der Waals surface area (Å²) in [4.78, 5) is 29.1. The number of carbonyl (C=O) groups excluding carboxylic acids is 1. The van der Waals surface area contributed by atoms with E-state index < -0.39 is 5.97 Å². The van der Waals surface area contributed by atoms with Gasteiger partial charge in [-0.2, -0.15) is 0 Å². The van der Waals surface area contributed by atoms with Crippen molar-refractivity contribution in [3.63, 3.8) is 0 Å². The molecule has 6 heteroatoms. The van der Waals surface area contributed by atoms with E-state index in [9.17, 15) is 9.59 Å². The number of carboxylic acid groups (broad SMARTS) is 1. The fourth-order valence-corrected chi connectivity index (χ4v) is 2.75. The molecule has 0 atom stereocenters. The molecule has 1 aliphatic heterocycles. The molecule has 0 aromatic heterocycles. The maximum Gasteiger partial charge on any atom is 0.320 e. The number of aliphatic carboxylic acids is 1. The molecule has 0 spiro atoms. The Morgan fingerprint density at radius 3 is 2.55 bits per heavy atom. The molecule has 2 amide bonds. The molecule has 2 rings (SSSR count). The van der Waals surface area contributed by atoms with Gasteiger partial charge in [-0.3, -0.25) is 9.69 Å². The Morgan fingerprint density at radius 2 is 1.95 bits per heavy atom. The zero-order valence-corrected chi connectivity index (χ0v) is 12.3. The van der Waals surface area contributed by atoms with Crippen molar-refractivity contribution in [2.75, 3.05) is 39.3 Å². The minimum atomic E-state index is -0.796. The molecule has 0 aromatic carbocycles. The Labute approximate surface area is 120 Å². The molecule has 1 N–H and O–H groups in total. The molecular weight excluding hydrogens is 258 g/mol. The summed E-state index contributed by atoms with van der Waals surface area (Å²) in [5.74, 6) is -0.796. The van der Waals surface area contributed by atoms with Crippen LogP contribution in [0.5, 0.6) is 0 Å². The van der Waals surface area contributed by atoms with Crippen LogP contribution in [-0.4, -0.2) is 77.1 Å². The van der Waals surface area contributed by atoms with Crippen molar-refractivity contribution in [1.29, 1.82) is 0 Å². The van der Waals surface area contributed by atoms with Crippen LogP contribution in [0, 0.1) is 0 Å². The van der Waals surface area contributed by atoms with Crippen molar-refractivity contribution >= 4 is 12.0 Å². The lowest BCUT2D eigenvalue weighted by molar-refractivity contribution is -0.138. The van der Waals surface area contributed by atoms with Gasteiger partial charge in [-0.05, 0) is 25.7 Å². The smallest absolute Gasteiger partial charge is 0.320 e. The summed E-state index contributed by atoms with van der Waals surface area (Å²) in [6, 6.07) is 0.590. The molecule has 114 valence electrons. The average molecular weight is 283 g/mol. The van der Waals surface area contributed by atoms with Crippen LogP contribution in [0.3, 0.4) is 0 Å². The minimum Gasteiger partial charge on any atom is -0.480 e. The zero-order valence-electron chi connectivity index (χ0n) is 12.3. The third-order valence-electron chi connectivity index (χ3n) is 3.92. The van der Waals surface area contributed by atoms with E-state index in [1.165, 1.54) is 0 Å². The van der Waals surface area contributed by atoms with Crippen molar-refractivity contribution in [2.45, 2.75) is 38.6 Å². The van der Waals surface area contributed by atoms with E-state index in [1.54, 1.807) is 0 Å². The van der Waals surface area contributed by atoms with Crippen LogP contribution < -0.4 is 0 Å². The summed E-state index contributed by atoms with van der Waals surface area (Å²) in [6.07, 6.45) is 4.10. The highest BCUT2D eigenvalue weighted by Crippen LogP contribution is 2.28. The molecule has 1 aliphatic carbocycles. The van der Waals surface area contributed by atoms with Gasteiger partial charge in [-0.15, -0.1) is 0 Å². The fraction of sp³-hybridized carbons (Fsp3) is 0.857. The van der Waals surface area contributed by atoms with Crippen molar-refractivity contribution in [1.82, 2.24) is 14.7 Å². The molecule has 2 aliphatic rings. The number of amides is 2. The first kappa shape index (κ1) is 15.1. The van der Waals surface area contributed by atoms with E-state index in [0.29, 0.717) is 19.1 Å². The molecule has 1 saturated heterocycles. The lowest BCUT2D eigenvalue weighted by Crippen LogP contribution is -2.46. The largest absolute Gasteiger partial charge is 0.480 e. The number of carbonyl (C=O) groups is 2. The number of carboxylic acids is 1. The van der Waals surface area contributed by atoms with Crippen LogP contribution in [0.1, 0.15) is 32.6 Å². The van der Waals surface area contributed by atoms with Gasteiger partial charge in [-0.1, -0.05) is 6.92 Å². The zero-order chi connectivity index (χ0) is 14.5. The number of nitrogens with zero attached hydrogens (tertiary/aromatic N) is 3. The SMILES string of the molecule is CCCN(C(=O)N1CCCN(CC(=O)O)CC1)C1CC1. The molecule has 0 bridgehead atoms. The van der Waals surface area contributed by atoms with Crippen LogP contribution in [0.4, 0.5) is 4.79 Å². The van der Waals surface area contributed by atoms with E-state index >= 15 is 0 Å². The van der Waals surface area contributed by atoms with Crippen molar-refractivity contribution in [3.05, 3.63) is 0 Å². The second kappa shape index (κ2) is 6.92. The first-order valence-corrected chi connectivity index (χ1v) is 7.61. The molecular formula is C14H25N3O3. The number of rotatable bonds is 5. The van der Waals surface area contributed by atoms with Crippen LogP contribution in [0.15, 0.2) is 0 Å². The Bertz CT molecular complexity index is 358. The summed E-state index contributed by atoms with van der Waals surface area (Å²) >= 11 is 0. The second-order valence-electron chi connectivity index (χ2n) is 5.72. The first-order chi connectivity index (χ1) is 9.61. The Balaban J connectivity index is 1.88. The summed E-state index contributed by atoms with van der Waals surface area (Å²) in [6.45, 7) is 5.79. The number of urea groups is 1. The molecule has 6 nitrogen and oxygen atoms in total. The van der Waals surface area contributed by atoms with Crippen LogP contribution in [0.25, 0.3) is 0 Å². The summed E-state index contributed by atoms with van der Waals surface area (Å²) in [5, 5.41) is 8.84. The van der Waals surface area contributed by atoms with Crippen LogP contribution in [0.2, 0.25) is 0 Å². The molecule has 0 radical (unpaired) electrons. The third kappa shape index (κ3) is 4.10. The Kier molecular flexibility index (Phi) is 5.23. The van der Waals surface area contributed by atoms with Crippen molar-refractivity contribution in [2.24, 2.45) is 0 Å². The summed E-state index contributed by atoms with van der Waals surface area (Å²) in [5.41, 5.74) is 0. The molecule has 1 heterocycles. The lowest BCUT2D eigenvalue weighted by atomic mass is 10.3. The van der Waals surface area contributed by atoms with Gasteiger partial charge in [0.15, 0.2) is 0 Å². The first-order valence-electron chi connectivity index (χ1n) is 7.61. The minimum absolute atomic E-state index is 0.0727. The van der Waals surface area contributed by atoms with E-state index in [1.807, 2.05) is 14.7 Å². The molecule has 2 fully saturated rings. The topological polar surface area (TPSA) is 64.1 Å². The molecule has 0 unspecified atom stereocenters. The second-order valence-corrected chi connectivity index (χ2v) is 5.72. The van der Waals surface area contributed by atoms with E-state index in [4.69, 9.17) is 5.11 Å². The van der Waals surface area contributed by atoms with Gasteiger partial charge >= 0.3 is 12.0 Å². The Morgan fingerprint density at radius 1 is 1.20 bits per heavy atom. The predicted molar refractivity (Wildman–Crippen MR) is 75.7 cm³/mol. The Hall–Kier alpha value is -1.30. The third-order valence-corrected chi connectivity index (χ3v) is 3.92. The van der Waals surface area contributed by atoms with Gasteiger partial charge in [0, 0.05) is 38.8 Å². The van der Waals surface area contributed by atoms with Gasteiger partial charge in [0.2, 0.25) is 0 Å². The van der Waals surface area contributed by atoms with Gasteiger partial charge in [-0.25, -0.2) is 4.79 Å². The molecule has 1 saturated carbocycles. The summed E-state index contributed by atoms with van der Waals surface area (Å²) in [7, 11) is 0. The quantitative estimate of drug-likeness (QED) is 0.820. The van der Waals surface area contributed by atoms with Crippen molar-refractivity contribution < 1.29 is 14.7 Å². The maximum absolute atomic E-state index is 12.6. The monoisotopic (exact) mass is 283 g/mol. The molecule has 0 aromatic rings. The number of hydrogen-bond donors (Lipinski definition) is 1. The number of hydrogen-bond acceptors (Lipinski definition) is 3. The average Bonchev–Trinajstić information content (AvgIpc) is 3.21. The normalized spacial score (nSPS) is 20.6. The van der Waals surface area contributed by atoms with E-state index in [2.05, 4.69) is 6.92 Å². The standard InChI is InChI=1S/C14H25N3O3/c1-2-6-17(12-4-5-12)14(20)16-8-3-7-15(9-10-16)11-13(18)19/h12H,2-11H2,1H3,(H,18,19). The highest BCUT2D eigenvalue weighted by atomic mass is 16.4. The maximum atomic E-state index is 12.6. The van der Waals surface area contributed by atoms with Gasteiger partial charge in [0.05, 0.1) is 6.54 Å².